The van der Waals surface area contributed by atoms with Crippen molar-refractivity contribution in [2.75, 3.05) is 11.9 Å². The third-order valence-electron chi connectivity index (χ3n) is 5.16. The summed E-state index contributed by atoms with van der Waals surface area (Å²) in [7, 11) is 0. The molecular formula is C27H26N2O. The van der Waals surface area contributed by atoms with Gasteiger partial charge in [0.05, 0.1) is 5.69 Å². The van der Waals surface area contributed by atoms with Crippen molar-refractivity contribution in [3.8, 4) is 0 Å². The zero-order valence-corrected chi connectivity index (χ0v) is 17.4. The molecule has 0 spiro atoms. The van der Waals surface area contributed by atoms with E-state index >= 15 is 0 Å². The molecule has 0 unspecified atom stereocenters. The monoisotopic (exact) mass is 394 g/mol. The molecule has 3 heteroatoms. The SMILES string of the molecule is Cc1cc(C)cc(/C=C/c2cccc(NC(=O)c3ccccc3)c2C2=CCCN2)c1. The van der Waals surface area contributed by atoms with E-state index in [0.717, 1.165) is 35.5 Å². The molecule has 4 rings (SSSR count). The maximum Gasteiger partial charge on any atom is 0.255 e. The van der Waals surface area contributed by atoms with Crippen molar-refractivity contribution in [3.63, 3.8) is 0 Å². The van der Waals surface area contributed by atoms with Crippen LogP contribution in [0.2, 0.25) is 0 Å². The highest BCUT2D eigenvalue weighted by Gasteiger charge is 2.16. The summed E-state index contributed by atoms with van der Waals surface area (Å²) in [5.41, 5.74) is 8.29. The highest BCUT2D eigenvalue weighted by molar-refractivity contribution is 6.06. The molecule has 0 atom stereocenters. The van der Waals surface area contributed by atoms with E-state index < -0.39 is 0 Å². The molecule has 0 aliphatic carbocycles. The number of nitrogens with one attached hydrogen (secondary N) is 2. The van der Waals surface area contributed by atoms with Crippen LogP contribution in [0.4, 0.5) is 5.69 Å². The maximum atomic E-state index is 12.8. The Morgan fingerprint density at radius 2 is 1.70 bits per heavy atom. The van der Waals surface area contributed by atoms with Gasteiger partial charge in [-0.3, -0.25) is 4.79 Å². The predicted octanol–water partition coefficient (Wildman–Crippen LogP) is 6.06. The topological polar surface area (TPSA) is 41.1 Å². The summed E-state index contributed by atoms with van der Waals surface area (Å²) in [6, 6.07) is 21.9. The van der Waals surface area contributed by atoms with Crippen LogP contribution in [0.3, 0.4) is 0 Å². The molecule has 0 radical (unpaired) electrons. The summed E-state index contributed by atoms with van der Waals surface area (Å²) >= 11 is 0. The zero-order chi connectivity index (χ0) is 20.9. The Hall–Kier alpha value is -3.59. The van der Waals surface area contributed by atoms with Gasteiger partial charge in [-0.15, -0.1) is 0 Å². The molecule has 0 aromatic heterocycles. The third kappa shape index (κ3) is 4.52. The molecular weight excluding hydrogens is 368 g/mol. The van der Waals surface area contributed by atoms with Crippen molar-refractivity contribution in [1.29, 1.82) is 0 Å². The van der Waals surface area contributed by atoms with Crippen molar-refractivity contribution in [2.24, 2.45) is 0 Å². The van der Waals surface area contributed by atoms with Crippen molar-refractivity contribution in [2.45, 2.75) is 20.3 Å². The molecule has 3 aromatic carbocycles. The van der Waals surface area contributed by atoms with E-state index in [9.17, 15) is 4.79 Å². The molecule has 30 heavy (non-hydrogen) atoms. The molecule has 3 aromatic rings. The van der Waals surface area contributed by atoms with Gasteiger partial charge in [0.15, 0.2) is 0 Å². The summed E-state index contributed by atoms with van der Waals surface area (Å²) in [6.45, 7) is 5.14. The van der Waals surface area contributed by atoms with Gasteiger partial charge in [0.2, 0.25) is 0 Å². The minimum atomic E-state index is -0.106. The van der Waals surface area contributed by atoms with Crippen molar-refractivity contribution in [3.05, 3.63) is 106 Å². The van der Waals surface area contributed by atoms with Gasteiger partial charge in [0, 0.05) is 23.4 Å². The number of anilines is 1. The molecule has 1 heterocycles. The average molecular weight is 395 g/mol. The average Bonchev–Trinajstić information content (AvgIpc) is 3.26. The first kappa shape index (κ1) is 19.7. The minimum Gasteiger partial charge on any atom is -0.384 e. The molecule has 1 aliphatic heterocycles. The number of aryl methyl sites for hydroxylation is 2. The second kappa shape index (κ2) is 8.83. The summed E-state index contributed by atoms with van der Waals surface area (Å²) in [5.74, 6) is -0.106. The Labute approximate surface area is 178 Å². The Morgan fingerprint density at radius 3 is 2.40 bits per heavy atom. The molecule has 0 fully saturated rings. The van der Waals surface area contributed by atoms with E-state index in [1.54, 1.807) is 0 Å². The van der Waals surface area contributed by atoms with Crippen LogP contribution < -0.4 is 10.6 Å². The Bertz CT molecular complexity index is 1110. The van der Waals surface area contributed by atoms with Crippen LogP contribution >= 0.6 is 0 Å². The second-order valence-corrected chi connectivity index (χ2v) is 7.68. The first-order valence-corrected chi connectivity index (χ1v) is 10.3. The summed E-state index contributed by atoms with van der Waals surface area (Å²) < 4.78 is 0. The van der Waals surface area contributed by atoms with E-state index in [2.05, 4.69) is 67.0 Å². The van der Waals surface area contributed by atoms with Crippen LogP contribution in [0, 0.1) is 13.8 Å². The molecule has 3 nitrogen and oxygen atoms in total. The maximum absolute atomic E-state index is 12.8. The highest BCUT2D eigenvalue weighted by atomic mass is 16.1. The van der Waals surface area contributed by atoms with E-state index in [-0.39, 0.29) is 5.91 Å². The fourth-order valence-electron chi connectivity index (χ4n) is 3.88. The van der Waals surface area contributed by atoms with Gasteiger partial charge in [-0.1, -0.05) is 77.9 Å². The molecule has 150 valence electrons. The van der Waals surface area contributed by atoms with E-state index in [1.165, 1.54) is 16.7 Å². The fourth-order valence-corrected chi connectivity index (χ4v) is 3.88. The number of carbonyl (C=O) groups is 1. The van der Waals surface area contributed by atoms with Gasteiger partial charge in [-0.25, -0.2) is 0 Å². The van der Waals surface area contributed by atoms with Crippen LogP contribution in [-0.4, -0.2) is 12.5 Å². The van der Waals surface area contributed by atoms with Crippen LogP contribution in [0.5, 0.6) is 0 Å². The quantitative estimate of drug-likeness (QED) is 0.516. The van der Waals surface area contributed by atoms with Gasteiger partial charge in [0.25, 0.3) is 5.91 Å². The first-order chi connectivity index (χ1) is 14.6. The number of hydrogen-bond donors (Lipinski definition) is 2. The number of rotatable bonds is 5. The first-order valence-electron chi connectivity index (χ1n) is 10.3. The second-order valence-electron chi connectivity index (χ2n) is 7.68. The van der Waals surface area contributed by atoms with Gasteiger partial charge < -0.3 is 10.6 Å². The summed E-state index contributed by atoms with van der Waals surface area (Å²) in [5, 5.41) is 6.57. The van der Waals surface area contributed by atoms with Gasteiger partial charge >= 0.3 is 0 Å². The summed E-state index contributed by atoms with van der Waals surface area (Å²) in [4.78, 5) is 12.8. The van der Waals surface area contributed by atoms with Gasteiger partial charge in [0.1, 0.15) is 0 Å². The minimum absolute atomic E-state index is 0.106. The lowest BCUT2D eigenvalue weighted by Gasteiger charge is -2.16. The van der Waals surface area contributed by atoms with Crippen LogP contribution in [0.15, 0.2) is 72.8 Å². The lowest BCUT2D eigenvalue weighted by Crippen LogP contribution is -2.15. The van der Waals surface area contributed by atoms with Crippen molar-refractivity contribution < 1.29 is 4.79 Å². The molecule has 1 amide bonds. The lowest BCUT2D eigenvalue weighted by atomic mass is 9.99. The zero-order valence-electron chi connectivity index (χ0n) is 17.4. The molecule has 1 aliphatic rings. The number of amides is 1. The lowest BCUT2D eigenvalue weighted by molar-refractivity contribution is 0.102. The highest BCUT2D eigenvalue weighted by Crippen LogP contribution is 2.30. The fraction of sp³-hybridized carbons (Fsp3) is 0.148. The Balaban J connectivity index is 1.71. The Morgan fingerprint density at radius 1 is 0.933 bits per heavy atom. The predicted molar refractivity (Wildman–Crippen MR) is 126 cm³/mol. The standard InChI is InChI=1S/C27H26N2O/c1-19-16-20(2)18-21(17-19)13-14-22-10-6-11-25(26(22)24-12-7-15-28-24)29-27(30)23-8-4-3-5-9-23/h3-6,8-14,16-18,28H,7,15H2,1-2H3,(H,29,30)/b14-13+. The smallest absolute Gasteiger partial charge is 0.255 e. The van der Waals surface area contributed by atoms with E-state index in [0.29, 0.717) is 5.56 Å². The normalized spacial score (nSPS) is 13.2. The van der Waals surface area contributed by atoms with Crippen LogP contribution in [-0.2, 0) is 0 Å². The largest absolute Gasteiger partial charge is 0.384 e. The van der Waals surface area contributed by atoms with Crippen LogP contribution in [0.25, 0.3) is 17.8 Å². The van der Waals surface area contributed by atoms with Gasteiger partial charge in [-0.05, 0) is 49.6 Å². The Kier molecular flexibility index (Phi) is 5.80. The summed E-state index contributed by atoms with van der Waals surface area (Å²) in [6.07, 6.45) is 7.44. The molecule has 0 bridgehead atoms. The van der Waals surface area contributed by atoms with Gasteiger partial charge in [-0.2, -0.15) is 0 Å². The number of carbonyl (C=O) groups excluding carboxylic acids is 1. The van der Waals surface area contributed by atoms with Crippen LogP contribution in [0.1, 0.15) is 44.6 Å². The third-order valence-corrected chi connectivity index (χ3v) is 5.16. The van der Waals surface area contributed by atoms with Crippen molar-refractivity contribution >= 4 is 29.4 Å². The molecule has 0 saturated carbocycles. The number of benzene rings is 3. The van der Waals surface area contributed by atoms with E-state index in [1.807, 2.05) is 42.5 Å². The molecule has 2 N–H and O–H groups in total. The van der Waals surface area contributed by atoms with Crippen molar-refractivity contribution in [1.82, 2.24) is 5.32 Å². The molecule has 0 saturated heterocycles. The van der Waals surface area contributed by atoms with E-state index in [4.69, 9.17) is 0 Å². The number of hydrogen-bond acceptors (Lipinski definition) is 2.